The second-order valence-corrected chi connectivity index (χ2v) is 6.93. The van der Waals surface area contributed by atoms with Crippen molar-refractivity contribution in [2.24, 2.45) is 5.92 Å². The summed E-state index contributed by atoms with van der Waals surface area (Å²) in [5.41, 5.74) is 5.63. The SMILES string of the molecule is CCC=C(C)C(=O)N(CCC(C)C)c1c(N)n(CCCC)c(=O)[nH]c1=O. The van der Waals surface area contributed by atoms with Gasteiger partial charge < -0.3 is 10.6 Å². The van der Waals surface area contributed by atoms with E-state index in [1.54, 1.807) is 6.92 Å². The molecule has 26 heavy (non-hydrogen) atoms. The third-order valence-electron chi connectivity index (χ3n) is 4.24. The van der Waals surface area contributed by atoms with Gasteiger partial charge in [0, 0.05) is 18.7 Å². The lowest BCUT2D eigenvalue weighted by molar-refractivity contribution is -0.115. The quantitative estimate of drug-likeness (QED) is 0.658. The molecule has 0 aromatic carbocycles. The highest BCUT2D eigenvalue weighted by Gasteiger charge is 2.25. The summed E-state index contributed by atoms with van der Waals surface area (Å²) >= 11 is 0. The van der Waals surface area contributed by atoms with Crippen LogP contribution in [0.15, 0.2) is 21.2 Å². The van der Waals surface area contributed by atoms with Crippen LogP contribution >= 0.6 is 0 Å². The highest BCUT2D eigenvalue weighted by Crippen LogP contribution is 2.21. The lowest BCUT2D eigenvalue weighted by Gasteiger charge is -2.25. The number of hydrogen-bond donors (Lipinski definition) is 2. The van der Waals surface area contributed by atoms with E-state index in [9.17, 15) is 14.4 Å². The number of aromatic nitrogens is 2. The van der Waals surface area contributed by atoms with Gasteiger partial charge in [0.05, 0.1) is 0 Å². The van der Waals surface area contributed by atoms with Gasteiger partial charge in [-0.2, -0.15) is 0 Å². The van der Waals surface area contributed by atoms with Crippen LogP contribution in [-0.4, -0.2) is 22.0 Å². The third kappa shape index (κ3) is 5.34. The zero-order valence-electron chi connectivity index (χ0n) is 16.6. The van der Waals surface area contributed by atoms with Gasteiger partial charge in [0.1, 0.15) is 5.82 Å². The first kappa shape index (κ1) is 21.7. The molecule has 0 bridgehead atoms. The first-order valence-electron chi connectivity index (χ1n) is 9.35. The maximum absolute atomic E-state index is 12.9. The van der Waals surface area contributed by atoms with Crippen LogP contribution in [0, 0.1) is 5.92 Å². The molecule has 1 amide bonds. The van der Waals surface area contributed by atoms with Crippen LogP contribution in [0.25, 0.3) is 0 Å². The first-order valence-corrected chi connectivity index (χ1v) is 9.35. The Bertz CT molecular complexity index is 759. The van der Waals surface area contributed by atoms with Crippen molar-refractivity contribution >= 4 is 17.4 Å². The molecule has 0 radical (unpaired) electrons. The fourth-order valence-corrected chi connectivity index (χ4v) is 2.68. The molecule has 146 valence electrons. The fourth-order valence-electron chi connectivity index (χ4n) is 2.68. The molecule has 1 heterocycles. The van der Waals surface area contributed by atoms with Gasteiger partial charge in [-0.05, 0) is 32.1 Å². The molecule has 0 saturated carbocycles. The number of hydrogen-bond acceptors (Lipinski definition) is 4. The van der Waals surface area contributed by atoms with E-state index in [1.807, 2.05) is 33.8 Å². The highest BCUT2D eigenvalue weighted by molar-refractivity contribution is 6.06. The van der Waals surface area contributed by atoms with E-state index in [2.05, 4.69) is 4.98 Å². The number of anilines is 2. The Kier molecular flexibility index (Phi) is 8.35. The van der Waals surface area contributed by atoms with Gasteiger partial charge in [0.25, 0.3) is 11.5 Å². The van der Waals surface area contributed by atoms with E-state index in [-0.39, 0.29) is 17.4 Å². The molecular weight excluding hydrogens is 332 g/mol. The largest absolute Gasteiger partial charge is 0.383 e. The Labute approximate surface area is 154 Å². The molecule has 0 aliphatic heterocycles. The van der Waals surface area contributed by atoms with Gasteiger partial charge in [-0.25, -0.2) is 4.79 Å². The molecular formula is C19H32N4O3. The van der Waals surface area contributed by atoms with Gasteiger partial charge in [-0.3, -0.25) is 19.1 Å². The molecule has 1 aromatic heterocycles. The Hall–Kier alpha value is -2.31. The number of nitrogens with one attached hydrogen (secondary N) is 1. The van der Waals surface area contributed by atoms with E-state index < -0.39 is 11.2 Å². The summed E-state index contributed by atoms with van der Waals surface area (Å²) < 4.78 is 1.34. The van der Waals surface area contributed by atoms with E-state index >= 15 is 0 Å². The zero-order chi connectivity index (χ0) is 19.9. The molecule has 7 nitrogen and oxygen atoms in total. The number of carbonyl (C=O) groups excluding carboxylic acids is 1. The van der Waals surface area contributed by atoms with Gasteiger partial charge in [0.15, 0.2) is 5.69 Å². The molecule has 1 rings (SSSR count). The molecule has 0 atom stereocenters. The second kappa shape index (κ2) is 9.99. The molecule has 0 fully saturated rings. The molecule has 0 aliphatic carbocycles. The zero-order valence-corrected chi connectivity index (χ0v) is 16.6. The van der Waals surface area contributed by atoms with E-state index in [0.717, 1.165) is 25.7 Å². The van der Waals surface area contributed by atoms with Crippen LogP contribution in [0.3, 0.4) is 0 Å². The predicted molar refractivity (Wildman–Crippen MR) is 106 cm³/mol. The van der Waals surface area contributed by atoms with E-state index in [4.69, 9.17) is 5.73 Å². The summed E-state index contributed by atoms with van der Waals surface area (Å²) in [4.78, 5) is 41.3. The van der Waals surface area contributed by atoms with Crippen molar-refractivity contribution in [1.29, 1.82) is 0 Å². The van der Waals surface area contributed by atoms with Crippen LogP contribution < -0.4 is 21.9 Å². The standard InChI is InChI=1S/C19H32N4O3/c1-6-8-11-23-16(20)15(17(24)21-19(23)26)22(12-10-13(3)4)18(25)14(5)9-7-2/h9,13H,6-8,10-12,20H2,1-5H3,(H,21,24,26). The summed E-state index contributed by atoms with van der Waals surface area (Å²) in [7, 11) is 0. The number of nitrogen functional groups attached to an aromatic ring is 1. The maximum Gasteiger partial charge on any atom is 0.330 e. The normalized spacial score (nSPS) is 11.8. The molecule has 0 spiro atoms. The number of amides is 1. The minimum atomic E-state index is -0.623. The van der Waals surface area contributed by atoms with Gasteiger partial charge in [0.2, 0.25) is 0 Å². The average molecular weight is 364 g/mol. The fraction of sp³-hybridized carbons (Fsp3) is 0.632. The van der Waals surface area contributed by atoms with Crippen LogP contribution in [0.5, 0.6) is 0 Å². The number of unbranched alkanes of at least 4 members (excludes halogenated alkanes) is 1. The lowest BCUT2D eigenvalue weighted by Crippen LogP contribution is -2.42. The minimum absolute atomic E-state index is 0.0496. The molecule has 1 aromatic rings. The van der Waals surface area contributed by atoms with E-state index in [0.29, 0.717) is 24.6 Å². The minimum Gasteiger partial charge on any atom is -0.383 e. The average Bonchev–Trinajstić information content (AvgIpc) is 2.56. The number of nitrogens with zero attached hydrogens (tertiary/aromatic N) is 2. The van der Waals surface area contributed by atoms with Gasteiger partial charge in [-0.15, -0.1) is 0 Å². The Morgan fingerprint density at radius 3 is 2.50 bits per heavy atom. The van der Waals surface area contributed by atoms with Crippen LogP contribution in [0.1, 0.15) is 60.3 Å². The van der Waals surface area contributed by atoms with Crippen molar-refractivity contribution in [3.8, 4) is 0 Å². The number of H-pyrrole nitrogens is 1. The number of aromatic amines is 1. The van der Waals surface area contributed by atoms with Gasteiger partial charge in [-0.1, -0.05) is 40.2 Å². The van der Waals surface area contributed by atoms with Crippen LogP contribution in [0.4, 0.5) is 11.5 Å². The van der Waals surface area contributed by atoms with Crippen molar-refractivity contribution in [3.63, 3.8) is 0 Å². The number of allylic oxidation sites excluding steroid dienone is 1. The Morgan fingerprint density at radius 2 is 1.96 bits per heavy atom. The summed E-state index contributed by atoms with van der Waals surface area (Å²) in [6.45, 7) is 10.5. The molecule has 0 unspecified atom stereocenters. The number of rotatable bonds is 9. The summed E-state index contributed by atoms with van der Waals surface area (Å²) in [5.74, 6) is 0.144. The van der Waals surface area contributed by atoms with Crippen molar-refractivity contribution in [3.05, 3.63) is 32.5 Å². The maximum atomic E-state index is 12.9. The summed E-state index contributed by atoms with van der Waals surface area (Å²) in [6, 6.07) is 0. The summed E-state index contributed by atoms with van der Waals surface area (Å²) in [6.07, 6.45) is 4.90. The van der Waals surface area contributed by atoms with Gasteiger partial charge >= 0.3 is 5.69 Å². The van der Waals surface area contributed by atoms with Crippen molar-refractivity contribution < 1.29 is 4.79 Å². The predicted octanol–water partition coefficient (Wildman–Crippen LogP) is 2.65. The Morgan fingerprint density at radius 1 is 1.31 bits per heavy atom. The third-order valence-corrected chi connectivity index (χ3v) is 4.24. The van der Waals surface area contributed by atoms with Crippen molar-refractivity contribution in [1.82, 2.24) is 9.55 Å². The highest BCUT2D eigenvalue weighted by atomic mass is 16.2. The van der Waals surface area contributed by atoms with Crippen LogP contribution in [-0.2, 0) is 11.3 Å². The second-order valence-electron chi connectivity index (χ2n) is 6.93. The lowest BCUT2D eigenvalue weighted by atomic mass is 10.1. The molecule has 0 aliphatic rings. The van der Waals surface area contributed by atoms with E-state index in [1.165, 1.54) is 9.47 Å². The monoisotopic (exact) mass is 364 g/mol. The smallest absolute Gasteiger partial charge is 0.330 e. The van der Waals surface area contributed by atoms with Crippen LogP contribution in [0.2, 0.25) is 0 Å². The molecule has 0 saturated heterocycles. The molecule has 7 heteroatoms. The topological polar surface area (TPSA) is 101 Å². The first-order chi connectivity index (χ1) is 12.2. The number of nitrogens with two attached hydrogens (primary N) is 1. The van der Waals surface area contributed by atoms with Crippen molar-refractivity contribution in [2.75, 3.05) is 17.2 Å². The van der Waals surface area contributed by atoms with Crippen molar-refractivity contribution in [2.45, 2.75) is 66.8 Å². The number of carbonyl (C=O) groups is 1. The molecule has 3 N–H and O–H groups in total. The Balaban J connectivity index is 3.49. The summed E-state index contributed by atoms with van der Waals surface area (Å²) in [5, 5.41) is 0.